The van der Waals surface area contributed by atoms with Crippen LogP contribution in [-0.4, -0.2) is 23.8 Å². The van der Waals surface area contributed by atoms with Gasteiger partial charge in [0.25, 0.3) is 0 Å². The molecule has 1 aliphatic rings. The standard InChI is InChI=1S/C27H28FNO3/c1-16-8-13-23(28)26-25(16)22(17(2)29-26)6-4-5-7-24(30)20-11-9-19-15-21(27(31)32-3)12-10-18(19)14-20/h8,10,12-15,29H,4-7,9,11H2,1-3H3. The molecule has 1 aliphatic carbocycles. The van der Waals surface area contributed by atoms with Gasteiger partial charge in [0.05, 0.1) is 18.2 Å². The number of carbonyl (C=O) groups excluding carboxylic acids is 2. The number of rotatable bonds is 7. The molecule has 1 N–H and O–H groups in total. The lowest BCUT2D eigenvalue weighted by molar-refractivity contribution is -0.115. The highest BCUT2D eigenvalue weighted by molar-refractivity contribution is 6.00. The predicted molar refractivity (Wildman–Crippen MR) is 124 cm³/mol. The van der Waals surface area contributed by atoms with Crippen LogP contribution in [0.25, 0.3) is 17.0 Å². The van der Waals surface area contributed by atoms with Crippen LogP contribution in [0, 0.1) is 19.7 Å². The Hall–Kier alpha value is -3.21. The van der Waals surface area contributed by atoms with Crippen LogP contribution in [-0.2, 0) is 22.4 Å². The van der Waals surface area contributed by atoms with Crippen LogP contribution >= 0.6 is 0 Å². The minimum absolute atomic E-state index is 0.186. The van der Waals surface area contributed by atoms with Crippen LogP contribution in [0.1, 0.15) is 64.0 Å². The van der Waals surface area contributed by atoms with Gasteiger partial charge in [-0.25, -0.2) is 9.18 Å². The number of ether oxygens (including phenoxy) is 1. The molecule has 3 aromatic rings. The summed E-state index contributed by atoms with van der Waals surface area (Å²) < 4.78 is 18.9. The summed E-state index contributed by atoms with van der Waals surface area (Å²) >= 11 is 0. The number of allylic oxidation sites excluding steroid dienone is 1. The number of ketones is 1. The zero-order chi connectivity index (χ0) is 22.8. The average molecular weight is 434 g/mol. The van der Waals surface area contributed by atoms with E-state index in [9.17, 15) is 14.0 Å². The first kappa shape index (κ1) is 22.0. The molecule has 0 atom stereocenters. The molecular weight excluding hydrogens is 405 g/mol. The number of H-pyrrole nitrogens is 1. The predicted octanol–water partition coefficient (Wildman–Crippen LogP) is 6.02. The zero-order valence-corrected chi connectivity index (χ0v) is 18.8. The Morgan fingerprint density at radius 1 is 1.09 bits per heavy atom. The first-order valence-electron chi connectivity index (χ1n) is 11.1. The molecule has 0 fully saturated rings. The molecule has 0 saturated heterocycles. The fourth-order valence-electron chi connectivity index (χ4n) is 4.66. The summed E-state index contributed by atoms with van der Waals surface area (Å²) in [5, 5.41) is 0.978. The average Bonchev–Trinajstić information content (AvgIpc) is 3.15. The molecule has 0 radical (unpaired) electrons. The summed E-state index contributed by atoms with van der Waals surface area (Å²) in [6, 6.07) is 8.80. The number of unbranched alkanes of at least 4 members (excludes halogenated alkanes) is 1. The normalized spacial score (nSPS) is 13.1. The first-order valence-corrected chi connectivity index (χ1v) is 11.1. The number of aromatic nitrogens is 1. The Morgan fingerprint density at radius 3 is 2.69 bits per heavy atom. The number of benzene rings is 2. The fraction of sp³-hybridized carbons (Fsp3) is 0.333. The third kappa shape index (κ3) is 4.24. The maximum absolute atomic E-state index is 14.1. The second kappa shape index (κ2) is 9.11. The lowest BCUT2D eigenvalue weighted by Gasteiger charge is -2.16. The number of hydrogen-bond donors (Lipinski definition) is 1. The van der Waals surface area contributed by atoms with Crippen LogP contribution < -0.4 is 0 Å². The zero-order valence-electron chi connectivity index (χ0n) is 18.8. The number of carbonyl (C=O) groups is 2. The number of fused-ring (bicyclic) bond motifs is 2. The number of nitrogens with one attached hydrogen (secondary N) is 1. The summed E-state index contributed by atoms with van der Waals surface area (Å²) in [4.78, 5) is 27.7. The van der Waals surface area contributed by atoms with Gasteiger partial charge in [-0.3, -0.25) is 4.79 Å². The summed E-state index contributed by atoms with van der Waals surface area (Å²) in [5.41, 5.74) is 7.25. The Labute approximate surface area is 187 Å². The van der Waals surface area contributed by atoms with Crippen molar-refractivity contribution in [2.75, 3.05) is 7.11 Å². The van der Waals surface area contributed by atoms with Crippen molar-refractivity contribution >= 4 is 28.7 Å². The van der Waals surface area contributed by atoms with Gasteiger partial charge in [-0.15, -0.1) is 0 Å². The van der Waals surface area contributed by atoms with Gasteiger partial charge >= 0.3 is 5.97 Å². The van der Waals surface area contributed by atoms with Crippen molar-refractivity contribution in [3.8, 4) is 0 Å². The largest absolute Gasteiger partial charge is 0.465 e. The van der Waals surface area contributed by atoms with E-state index in [2.05, 4.69) is 4.98 Å². The molecular formula is C27H28FNO3. The highest BCUT2D eigenvalue weighted by Crippen LogP contribution is 2.30. The Kier molecular flexibility index (Phi) is 6.26. The van der Waals surface area contributed by atoms with E-state index in [1.54, 1.807) is 6.07 Å². The Bertz CT molecular complexity index is 1240. The lowest BCUT2D eigenvalue weighted by atomic mass is 9.88. The number of halogens is 1. The molecule has 4 nitrogen and oxygen atoms in total. The smallest absolute Gasteiger partial charge is 0.337 e. The van der Waals surface area contributed by atoms with E-state index in [0.29, 0.717) is 23.9 Å². The van der Waals surface area contributed by atoms with E-state index < -0.39 is 0 Å². The van der Waals surface area contributed by atoms with Crippen molar-refractivity contribution in [1.29, 1.82) is 0 Å². The summed E-state index contributed by atoms with van der Waals surface area (Å²) in [6.45, 7) is 3.98. The van der Waals surface area contributed by atoms with Crippen LogP contribution in [0.2, 0.25) is 0 Å². The van der Waals surface area contributed by atoms with Crippen molar-refractivity contribution in [1.82, 2.24) is 4.98 Å². The SMILES string of the molecule is COC(=O)c1ccc2c(c1)CCC(C(=O)CCCCc1c(C)[nH]c3c(F)ccc(C)c13)=C2. The van der Waals surface area contributed by atoms with Crippen molar-refractivity contribution in [3.63, 3.8) is 0 Å². The molecule has 0 amide bonds. The number of esters is 1. The Balaban J connectivity index is 1.38. The van der Waals surface area contributed by atoms with Crippen molar-refractivity contribution in [2.24, 2.45) is 0 Å². The minimum Gasteiger partial charge on any atom is -0.465 e. The molecule has 4 rings (SSSR count). The van der Waals surface area contributed by atoms with Crippen LogP contribution in [0.5, 0.6) is 0 Å². The van der Waals surface area contributed by atoms with Crippen molar-refractivity contribution in [3.05, 3.63) is 75.2 Å². The van der Waals surface area contributed by atoms with Gasteiger partial charge in [0.15, 0.2) is 5.78 Å². The minimum atomic E-state index is -0.345. The Morgan fingerprint density at radius 2 is 1.91 bits per heavy atom. The summed E-state index contributed by atoms with van der Waals surface area (Å²) in [7, 11) is 1.37. The van der Waals surface area contributed by atoms with Crippen molar-refractivity contribution in [2.45, 2.75) is 52.4 Å². The second-order valence-electron chi connectivity index (χ2n) is 8.55. The number of hydrogen-bond acceptors (Lipinski definition) is 3. The van der Waals surface area contributed by atoms with Gasteiger partial charge in [0, 0.05) is 17.5 Å². The fourth-order valence-corrected chi connectivity index (χ4v) is 4.66. The topological polar surface area (TPSA) is 59.2 Å². The molecule has 2 aromatic carbocycles. The van der Waals surface area contributed by atoms with Crippen LogP contribution in [0.4, 0.5) is 4.39 Å². The molecule has 0 saturated carbocycles. The maximum atomic E-state index is 14.1. The van der Waals surface area contributed by atoms with Crippen LogP contribution in [0.3, 0.4) is 0 Å². The second-order valence-corrected chi connectivity index (χ2v) is 8.55. The number of methoxy groups -OCH3 is 1. The third-order valence-corrected chi connectivity index (χ3v) is 6.43. The third-order valence-electron chi connectivity index (χ3n) is 6.43. The van der Waals surface area contributed by atoms with Crippen LogP contribution in [0.15, 0.2) is 35.9 Å². The molecule has 0 aliphatic heterocycles. The number of Topliss-reactive ketones (excluding diaryl/α,β-unsaturated/α-hetero) is 1. The molecule has 166 valence electrons. The van der Waals surface area contributed by atoms with Gasteiger partial charge in [0.1, 0.15) is 5.82 Å². The molecule has 1 aromatic heterocycles. The molecule has 0 bridgehead atoms. The molecule has 5 heteroatoms. The highest BCUT2D eigenvalue weighted by Gasteiger charge is 2.18. The molecule has 32 heavy (non-hydrogen) atoms. The van der Waals surface area contributed by atoms with Gasteiger partial charge in [-0.1, -0.05) is 12.1 Å². The van der Waals surface area contributed by atoms with Gasteiger partial charge in [0.2, 0.25) is 0 Å². The molecule has 1 heterocycles. The quantitative estimate of drug-likeness (QED) is 0.366. The summed E-state index contributed by atoms with van der Waals surface area (Å²) in [6.07, 6.45) is 6.40. The van der Waals surface area contributed by atoms with E-state index >= 15 is 0 Å². The van der Waals surface area contributed by atoms with E-state index in [0.717, 1.165) is 64.6 Å². The van der Waals surface area contributed by atoms with Crippen molar-refractivity contribution < 1.29 is 18.7 Å². The first-order chi connectivity index (χ1) is 15.4. The van der Waals surface area contributed by atoms with E-state index in [4.69, 9.17) is 4.74 Å². The van der Waals surface area contributed by atoms with E-state index in [1.807, 2.05) is 38.1 Å². The maximum Gasteiger partial charge on any atom is 0.337 e. The number of aromatic amines is 1. The highest BCUT2D eigenvalue weighted by atomic mass is 19.1. The molecule has 0 spiro atoms. The van der Waals surface area contributed by atoms with Gasteiger partial charge in [-0.05, 0) is 98.1 Å². The van der Waals surface area contributed by atoms with Gasteiger partial charge in [-0.2, -0.15) is 0 Å². The van der Waals surface area contributed by atoms with Gasteiger partial charge < -0.3 is 9.72 Å². The lowest BCUT2D eigenvalue weighted by Crippen LogP contribution is -2.10. The van der Waals surface area contributed by atoms with E-state index in [1.165, 1.54) is 13.2 Å². The number of aryl methyl sites for hydroxylation is 4. The monoisotopic (exact) mass is 433 g/mol. The van der Waals surface area contributed by atoms with E-state index in [-0.39, 0.29) is 17.6 Å². The summed E-state index contributed by atoms with van der Waals surface area (Å²) in [5.74, 6) is -0.383. The molecule has 0 unspecified atom stereocenters.